The zero-order chi connectivity index (χ0) is 7.28. The van der Waals surface area contributed by atoms with Gasteiger partial charge in [0.2, 0.25) is 0 Å². The van der Waals surface area contributed by atoms with Crippen molar-refractivity contribution in [3.63, 3.8) is 0 Å². The molecule has 1 nitrogen and oxygen atoms in total. The first-order valence-corrected chi connectivity index (χ1v) is 3.16. The second-order valence-corrected chi connectivity index (χ2v) is 1.90. The molecule has 0 rings (SSSR count). The molecule has 0 fully saturated rings. The SMILES string of the molecule is C/C=C(Cl)\C(=C/C)OC. The van der Waals surface area contributed by atoms with Gasteiger partial charge in [0.1, 0.15) is 5.76 Å². The molecule has 0 aromatic rings. The maximum Gasteiger partial charge on any atom is 0.132 e. The molecule has 0 aliphatic rings. The van der Waals surface area contributed by atoms with Crippen LogP contribution in [0.5, 0.6) is 0 Å². The van der Waals surface area contributed by atoms with E-state index in [9.17, 15) is 0 Å². The number of ether oxygens (including phenoxy) is 1. The van der Waals surface area contributed by atoms with Gasteiger partial charge in [0, 0.05) is 0 Å². The van der Waals surface area contributed by atoms with Gasteiger partial charge in [0.15, 0.2) is 0 Å². The minimum Gasteiger partial charge on any atom is -0.496 e. The molecule has 0 aromatic carbocycles. The molecule has 0 saturated heterocycles. The van der Waals surface area contributed by atoms with E-state index in [4.69, 9.17) is 16.3 Å². The molecule has 0 heterocycles. The highest BCUT2D eigenvalue weighted by atomic mass is 35.5. The zero-order valence-electron chi connectivity index (χ0n) is 5.94. The standard InChI is InChI=1S/C7H11ClO/c1-4-6(8)7(5-2)9-3/h4-5H,1-3H3/b6-4+,7-5+. The fraction of sp³-hybridized carbons (Fsp3) is 0.429. The highest BCUT2D eigenvalue weighted by molar-refractivity contribution is 6.31. The lowest BCUT2D eigenvalue weighted by atomic mass is 10.4. The molecule has 2 heteroatoms. The van der Waals surface area contributed by atoms with E-state index in [2.05, 4.69) is 0 Å². The Labute approximate surface area is 61.0 Å². The van der Waals surface area contributed by atoms with E-state index in [1.165, 1.54) is 0 Å². The van der Waals surface area contributed by atoms with Gasteiger partial charge in [-0.25, -0.2) is 0 Å². The Morgan fingerprint density at radius 1 is 1.33 bits per heavy atom. The fourth-order valence-electron chi connectivity index (χ4n) is 0.495. The van der Waals surface area contributed by atoms with Crippen LogP contribution in [0.2, 0.25) is 0 Å². The first-order valence-electron chi connectivity index (χ1n) is 2.78. The number of methoxy groups -OCH3 is 1. The summed E-state index contributed by atoms with van der Waals surface area (Å²) in [7, 11) is 1.60. The first kappa shape index (κ1) is 8.57. The topological polar surface area (TPSA) is 9.23 Å². The van der Waals surface area contributed by atoms with Crippen molar-refractivity contribution in [3.8, 4) is 0 Å². The van der Waals surface area contributed by atoms with Crippen molar-refractivity contribution in [2.75, 3.05) is 7.11 Å². The van der Waals surface area contributed by atoms with Crippen molar-refractivity contribution in [3.05, 3.63) is 22.9 Å². The van der Waals surface area contributed by atoms with Crippen molar-refractivity contribution in [2.24, 2.45) is 0 Å². The minimum absolute atomic E-state index is 0.653. The third-order valence-electron chi connectivity index (χ3n) is 0.971. The van der Waals surface area contributed by atoms with Crippen LogP contribution in [0.4, 0.5) is 0 Å². The minimum atomic E-state index is 0.653. The zero-order valence-corrected chi connectivity index (χ0v) is 6.70. The normalized spacial score (nSPS) is 13.8. The molecule has 0 aromatic heterocycles. The summed E-state index contributed by atoms with van der Waals surface area (Å²) in [6.07, 6.45) is 3.61. The van der Waals surface area contributed by atoms with Crippen molar-refractivity contribution in [1.29, 1.82) is 0 Å². The lowest BCUT2D eigenvalue weighted by Gasteiger charge is -2.00. The maximum atomic E-state index is 5.70. The Hall–Kier alpha value is -0.430. The Bertz CT molecular complexity index is 136. The summed E-state index contributed by atoms with van der Waals surface area (Å²) in [4.78, 5) is 0. The Kier molecular flexibility index (Phi) is 4.24. The predicted octanol–water partition coefficient (Wildman–Crippen LogP) is 2.68. The van der Waals surface area contributed by atoms with E-state index in [1.54, 1.807) is 13.2 Å². The predicted molar refractivity (Wildman–Crippen MR) is 40.4 cm³/mol. The van der Waals surface area contributed by atoms with Gasteiger partial charge in [-0.05, 0) is 19.9 Å². The van der Waals surface area contributed by atoms with E-state index in [-0.39, 0.29) is 0 Å². The van der Waals surface area contributed by atoms with Crippen LogP contribution < -0.4 is 0 Å². The smallest absolute Gasteiger partial charge is 0.132 e. The molecule has 0 aliphatic carbocycles. The second kappa shape index (κ2) is 4.45. The van der Waals surface area contributed by atoms with Gasteiger partial charge in [0.05, 0.1) is 12.1 Å². The average Bonchev–Trinajstić information content (AvgIpc) is 1.90. The molecular formula is C7H11ClO. The summed E-state index contributed by atoms with van der Waals surface area (Å²) < 4.78 is 4.91. The Morgan fingerprint density at radius 2 is 1.89 bits per heavy atom. The number of hydrogen-bond acceptors (Lipinski definition) is 1. The van der Waals surface area contributed by atoms with E-state index in [1.807, 2.05) is 19.9 Å². The van der Waals surface area contributed by atoms with Gasteiger partial charge < -0.3 is 4.74 Å². The van der Waals surface area contributed by atoms with Gasteiger partial charge >= 0.3 is 0 Å². The molecular weight excluding hydrogens is 136 g/mol. The quantitative estimate of drug-likeness (QED) is 0.430. The van der Waals surface area contributed by atoms with Gasteiger partial charge in [-0.15, -0.1) is 0 Å². The third kappa shape index (κ3) is 2.56. The molecule has 0 atom stereocenters. The van der Waals surface area contributed by atoms with Crippen molar-refractivity contribution >= 4 is 11.6 Å². The van der Waals surface area contributed by atoms with E-state index < -0.39 is 0 Å². The number of halogens is 1. The maximum absolute atomic E-state index is 5.70. The second-order valence-electron chi connectivity index (χ2n) is 1.49. The molecule has 0 aliphatic heterocycles. The molecule has 9 heavy (non-hydrogen) atoms. The molecule has 52 valence electrons. The Balaban J connectivity index is 4.14. The summed E-state index contributed by atoms with van der Waals surface area (Å²) in [6.45, 7) is 3.75. The van der Waals surface area contributed by atoms with Crippen LogP contribution in [0.1, 0.15) is 13.8 Å². The molecule has 0 unspecified atom stereocenters. The van der Waals surface area contributed by atoms with Crippen LogP contribution in [0, 0.1) is 0 Å². The van der Waals surface area contributed by atoms with Gasteiger partial charge in [-0.3, -0.25) is 0 Å². The molecule has 0 N–H and O–H groups in total. The van der Waals surface area contributed by atoms with Gasteiger partial charge in [-0.2, -0.15) is 0 Å². The van der Waals surface area contributed by atoms with Crippen LogP contribution >= 0.6 is 11.6 Å². The summed E-state index contributed by atoms with van der Waals surface area (Å²) in [5.74, 6) is 0.721. The lowest BCUT2D eigenvalue weighted by Crippen LogP contribution is -1.84. The highest BCUT2D eigenvalue weighted by Crippen LogP contribution is 2.13. The van der Waals surface area contributed by atoms with E-state index in [0.29, 0.717) is 5.03 Å². The van der Waals surface area contributed by atoms with E-state index in [0.717, 1.165) is 5.76 Å². The summed E-state index contributed by atoms with van der Waals surface area (Å²) in [5.41, 5.74) is 0. The number of hydrogen-bond donors (Lipinski definition) is 0. The number of rotatable bonds is 2. The van der Waals surface area contributed by atoms with Crippen LogP contribution in [-0.2, 0) is 4.74 Å². The van der Waals surface area contributed by atoms with Crippen molar-refractivity contribution in [1.82, 2.24) is 0 Å². The van der Waals surface area contributed by atoms with Crippen LogP contribution in [0.25, 0.3) is 0 Å². The van der Waals surface area contributed by atoms with Crippen LogP contribution in [0.15, 0.2) is 22.9 Å². The van der Waals surface area contributed by atoms with Gasteiger partial charge in [0.25, 0.3) is 0 Å². The molecule has 0 saturated carbocycles. The first-order chi connectivity index (χ1) is 4.26. The van der Waals surface area contributed by atoms with Crippen molar-refractivity contribution in [2.45, 2.75) is 13.8 Å². The summed E-state index contributed by atoms with van der Waals surface area (Å²) in [5, 5.41) is 0.653. The largest absolute Gasteiger partial charge is 0.496 e. The van der Waals surface area contributed by atoms with Crippen molar-refractivity contribution < 1.29 is 4.74 Å². The van der Waals surface area contributed by atoms with Crippen LogP contribution in [-0.4, -0.2) is 7.11 Å². The lowest BCUT2D eigenvalue weighted by molar-refractivity contribution is 0.304. The monoisotopic (exact) mass is 146 g/mol. The average molecular weight is 147 g/mol. The number of allylic oxidation sites excluding steroid dienone is 3. The third-order valence-corrected chi connectivity index (χ3v) is 1.38. The van der Waals surface area contributed by atoms with E-state index >= 15 is 0 Å². The molecule has 0 bridgehead atoms. The molecule has 0 spiro atoms. The molecule has 0 radical (unpaired) electrons. The highest BCUT2D eigenvalue weighted by Gasteiger charge is 1.95. The summed E-state index contributed by atoms with van der Waals surface area (Å²) >= 11 is 5.70. The Morgan fingerprint density at radius 3 is 2.00 bits per heavy atom. The fourth-order valence-corrected chi connectivity index (χ4v) is 0.682. The van der Waals surface area contributed by atoms with Gasteiger partial charge in [-0.1, -0.05) is 17.7 Å². The molecule has 0 amide bonds. The van der Waals surface area contributed by atoms with Crippen LogP contribution in [0.3, 0.4) is 0 Å². The summed E-state index contributed by atoms with van der Waals surface area (Å²) in [6, 6.07) is 0.